The minimum absolute atomic E-state index is 0.00117. The van der Waals surface area contributed by atoms with Crippen LogP contribution in [-0.4, -0.2) is 43.3 Å². The molecule has 29 heavy (non-hydrogen) atoms. The first kappa shape index (κ1) is 20.6. The van der Waals surface area contributed by atoms with Crippen LogP contribution in [0.15, 0.2) is 24.3 Å². The van der Waals surface area contributed by atoms with Crippen LogP contribution < -0.4 is 9.62 Å². The molecule has 1 N–H and O–H groups in total. The lowest BCUT2D eigenvalue weighted by Gasteiger charge is -2.35. The molecule has 6 nitrogen and oxygen atoms in total. The number of benzene rings is 1. The van der Waals surface area contributed by atoms with Crippen LogP contribution in [0, 0.1) is 0 Å². The number of rotatable bonds is 5. The smallest absolute Gasteiger partial charge is 0.211 e. The van der Waals surface area contributed by atoms with E-state index in [-0.39, 0.29) is 11.8 Å². The largest absolute Gasteiger partial charge is 0.356 e. The summed E-state index contributed by atoms with van der Waals surface area (Å²) in [5.74, 6) is 1.86. The predicted molar refractivity (Wildman–Crippen MR) is 117 cm³/mol. The van der Waals surface area contributed by atoms with E-state index in [1.54, 1.807) is 6.92 Å². The Kier molecular flexibility index (Phi) is 6.08. The molecule has 0 saturated carbocycles. The molecule has 156 valence electrons. The number of sulfonamides is 1. The molecule has 2 aromatic rings. The van der Waals surface area contributed by atoms with Crippen LogP contribution in [-0.2, 0) is 22.9 Å². The molecule has 1 aromatic heterocycles. The third-order valence-corrected chi connectivity index (χ3v) is 7.45. The van der Waals surface area contributed by atoms with Crippen molar-refractivity contribution in [1.82, 2.24) is 14.7 Å². The molecule has 2 aliphatic rings. The number of nitrogens with zero attached hydrogens (tertiary/aromatic N) is 3. The fourth-order valence-corrected chi connectivity index (χ4v) is 5.24. The number of fused-ring (bicyclic) bond motifs is 1. The Labute approximate surface area is 177 Å². The summed E-state index contributed by atoms with van der Waals surface area (Å²) in [6.07, 6.45) is 5.86. The van der Waals surface area contributed by atoms with Crippen LogP contribution in [0.5, 0.6) is 0 Å². The monoisotopic (exact) mass is 434 g/mol. The van der Waals surface area contributed by atoms with Crippen LogP contribution in [0.4, 0.5) is 5.82 Å². The zero-order valence-corrected chi connectivity index (χ0v) is 18.3. The van der Waals surface area contributed by atoms with Crippen LogP contribution in [0.3, 0.4) is 0 Å². The SMILES string of the molecule is CCS(=O)(=O)NC1CCN(c2nc(-c3cccc(Cl)c3)nc3c2CCCC3)CC1. The lowest BCUT2D eigenvalue weighted by atomic mass is 9.95. The van der Waals surface area contributed by atoms with Gasteiger partial charge in [-0.05, 0) is 57.6 Å². The minimum Gasteiger partial charge on any atom is -0.356 e. The van der Waals surface area contributed by atoms with E-state index >= 15 is 0 Å². The summed E-state index contributed by atoms with van der Waals surface area (Å²) in [6, 6.07) is 7.67. The topological polar surface area (TPSA) is 75.2 Å². The van der Waals surface area contributed by atoms with Crippen LogP contribution in [0.25, 0.3) is 11.4 Å². The lowest BCUT2D eigenvalue weighted by Crippen LogP contribution is -2.45. The number of aromatic nitrogens is 2. The average molecular weight is 435 g/mol. The Morgan fingerprint density at radius 3 is 2.66 bits per heavy atom. The maximum absolute atomic E-state index is 11.9. The molecule has 0 amide bonds. The second-order valence-electron chi connectivity index (χ2n) is 7.80. The zero-order chi connectivity index (χ0) is 20.4. The minimum atomic E-state index is -3.17. The van der Waals surface area contributed by atoms with Crippen molar-refractivity contribution in [3.05, 3.63) is 40.5 Å². The maximum Gasteiger partial charge on any atom is 0.211 e. The van der Waals surface area contributed by atoms with E-state index in [0.717, 1.165) is 74.5 Å². The number of anilines is 1. The molecule has 8 heteroatoms. The summed E-state index contributed by atoms with van der Waals surface area (Å²) in [6.45, 7) is 3.24. The molecular formula is C21H27ClN4O2S. The number of nitrogens with one attached hydrogen (secondary N) is 1. The highest BCUT2D eigenvalue weighted by atomic mass is 35.5. The van der Waals surface area contributed by atoms with Crippen LogP contribution >= 0.6 is 11.6 Å². The van der Waals surface area contributed by atoms with Gasteiger partial charge < -0.3 is 4.90 Å². The van der Waals surface area contributed by atoms with Crippen LogP contribution in [0.2, 0.25) is 5.02 Å². The summed E-state index contributed by atoms with van der Waals surface area (Å²) in [5, 5.41) is 0.675. The van der Waals surface area contributed by atoms with E-state index in [9.17, 15) is 8.42 Å². The third-order valence-electron chi connectivity index (χ3n) is 5.76. The van der Waals surface area contributed by atoms with Gasteiger partial charge in [0.2, 0.25) is 10.0 Å². The molecule has 2 heterocycles. The van der Waals surface area contributed by atoms with Crippen molar-refractivity contribution in [3.63, 3.8) is 0 Å². The molecule has 0 bridgehead atoms. The van der Waals surface area contributed by atoms with Gasteiger partial charge in [-0.3, -0.25) is 0 Å². The first-order valence-electron chi connectivity index (χ1n) is 10.4. The molecule has 1 fully saturated rings. The van der Waals surface area contributed by atoms with E-state index in [4.69, 9.17) is 21.6 Å². The van der Waals surface area contributed by atoms with Crippen molar-refractivity contribution in [3.8, 4) is 11.4 Å². The second-order valence-corrected chi connectivity index (χ2v) is 10.3. The predicted octanol–water partition coefficient (Wildman–Crippen LogP) is 3.58. The van der Waals surface area contributed by atoms with E-state index in [2.05, 4.69) is 9.62 Å². The van der Waals surface area contributed by atoms with Crippen molar-refractivity contribution < 1.29 is 8.42 Å². The molecular weight excluding hydrogens is 408 g/mol. The quantitative estimate of drug-likeness (QED) is 0.778. The van der Waals surface area contributed by atoms with Gasteiger partial charge in [0, 0.05) is 41.0 Å². The highest BCUT2D eigenvalue weighted by molar-refractivity contribution is 7.89. The molecule has 1 aliphatic carbocycles. The molecule has 0 spiro atoms. The van der Waals surface area contributed by atoms with Gasteiger partial charge in [-0.1, -0.05) is 23.7 Å². The lowest BCUT2D eigenvalue weighted by molar-refractivity contribution is 0.457. The van der Waals surface area contributed by atoms with Crippen molar-refractivity contribution in [1.29, 1.82) is 0 Å². The highest BCUT2D eigenvalue weighted by Gasteiger charge is 2.27. The average Bonchev–Trinajstić information content (AvgIpc) is 2.73. The van der Waals surface area contributed by atoms with E-state index in [0.29, 0.717) is 5.02 Å². The van der Waals surface area contributed by atoms with Gasteiger partial charge in [-0.15, -0.1) is 0 Å². The summed E-state index contributed by atoms with van der Waals surface area (Å²) < 4.78 is 26.6. The Morgan fingerprint density at radius 1 is 1.17 bits per heavy atom. The van der Waals surface area contributed by atoms with E-state index < -0.39 is 10.0 Å². The van der Waals surface area contributed by atoms with E-state index in [1.807, 2.05) is 24.3 Å². The van der Waals surface area contributed by atoms with Crippen molar-refractivity contribution in [2.24, 2.45) is 0 Å². The number of hydrogen-bond donors (Lipinski definition) is 1. The van der Waals surface area contributed by atoms with Crippen molar-refractivity contribution in [2.45, 2.75) is 51.5 Å². The van der Waals surface area contributed by atoms with Gasteiger partial charge in [-0.2, -0.15) is 0 Å². The Bertz CT molecular complexity index is 988. The normalized spacial score (nSPS) is 17.9. The van der Waals surface area contributed by atoms with E-state index in [1.165, 1.54) is 5.56 Å². The fourth-order valence-electron chi connectivity index (χ4n) is 4.14. The number of hydrogen-bond acceptors (Lipinski definition) is 5. The molecule has 1 saturated heterocycles. The molecule has 4 rings (SSSR count). The van der Waals surface area contributed by atoms with Gasteiger partial charge in [-0.25, -0.2) is 23.1 Å². The second kappa shape index (κ2) is 8.58. The zero-order valence-electron chi connectivity index (χ0n) is 16.7. The van der Waals surface area contributed by atoms with Gasteiger partial charge in [0.05, 0.1) is 5.75 Å². The number of piperidine rings is 1. The first-order valence-corrected chi connectivity index (χ1v) is 12.4. The summed E-state index contributed by atoms with van der Waals surface area (Å²) in [4.78, 5) is 12.1. The summed E-state index contributed by atoms with van der Waals surface area (Å²) >= 11 is 6.19. The third kappa shape index (κ3) is 4.73. The Balaban J connectivity index is 1.61. The fraction of sp³-hybridized carbons (Fsp3) is 0.524. The van der Waals surface area contributed by atoms with Gasteiger partial charge in [0.15, 0.2) is 5.82 Å². The maximum atomic E-state index is 11.9. The molecule has 1 aliphatic heterocycles. The Hall–Kier alpha value is -1.70. The summed E-state index contributed by atoms with van der Waals surface area (Å²) in [7, 11) is -3.17. The standard InChI is InChI=1S/C21H27ClN4O2S/c1-2-29(27,28)25-17-10-12-26(13-11-17)21-18-8-3-4-9-19(18)23-20(24-21)15-6-5-7-16(22)14-15/h5-7,14,17,25H,2-4,8-13H2,1H3. The number of aryl methyl sites for hydroxylation is 1. The molecule has 0 atom stereocenters. The van der Waals surface area contributed by atoms with Gasteiger partial charge >= 0.3 is 0 Å². The molecule has 1 aromatic carbocycles. The molecule has 0 radical (unpaired) electrons. The Morgan fingerprint density at radius 2 is 1.93 bits per heavy atom. The van der Waals surface area contributed by atoms with Gasteiger partial charge in [0.25, 0.3) is 0 Å². The number of halogens is 1. The van der Waals surface area contributed by atoms with Crippen molar-refractivity contribution in [2.75, 3.05) is 23.7 Å². The first-order chi connectivity index (χ1) is 13.9. The molecule has 0 unspecified atom stereocenters. The van der Waals surface area contributed by atoms with Crippen LogP contribution in [0.1, 0.15) is 43.9 Å². The van der Waals surface area contributed by atoms with Gasteiger partial charge in [0.1, 0.15) is 5.82 Å². The summed E-state index contributed by atoms with van der Waals surface area (Å²) in [5.41, 5.74) is 3.33. The van der Waals surface area contributed by atoms with Crippen molar-refractivity contribution >= 4 is 27.4 Å². The highest BCUT2D eigenvalue weighted by Crippen LogP contribution is 2.32.